The van der Waals surface area contributed by atoms with E-state index in [1.807, 2.05) is 13.0 Å². The Morgan fingerprint density at radius 1 is 1.27 bits per heavy atom. The highest BCUT2D eigenvalue weighted by Crippen LogP contribution is 2.27. The molecule has 2 aliphatic rings. The molecule has 0 radical (unpaired) electrons. The quantitative estimate of drug-likeness (QED) is 0.877. The fourth-order valence-electron chi connectivity index (χ4n) is 3.19. The van der Waals surface area contributed by atoms with Crippen LogP contribution in [0.1, 0.15) is 24.1 Å². The minimum Gasteiger partial charge on any atom is -0.300 e. The van der Waals surface area contributed by atoms with Crippen LogP contribution in [0.4, 0.5) is 0 Å². The number of nitrogens with zero attached hydrogens (tertiary/aromatic N) is 1. The average molecular weight is 361 g/mol. The van der Waals surface area contributed by atoms with Crippen molar-refractivity contribution in [2.24, 2.45) is 5.92 Å². The van der Waals surface area contributed by atoms with Crippen LogP contribution in [0, 0.1) is 12.8 Å². The number of hydrogen-bond donors (Lipinski definition) is 1. The van der Waals surface area contributed by atoms with E-state index in [2.05, 4.69) is 21.4 Å². The Balaban J connectivity index is 1.47. The fourth-order valence-corrected chi connectivity index (χ4v) is 6.89. The first-order chi connectivity index (χ1) is 10.5. The Morgan fingerprint density at radius 3 is 2.64 bits per heavy atom. The van der Waals surface area contributed by atoms with E-state index in [0.717, 1.165) is 36.9 Å². The van der Waals surface area contributed by atoms with Crippen LogP contribution in [0.2, 0.25) is 0 Å². The van der Waals surface area contributed by atoms with E-state index < -0.39 is 10.0 Å². The van der Waals surface area contributed by atoms with Crippen LogP contribution in [-0.4, -0.2) is 50.5 Å². The molecule has 0 saturated carbocycles. The smallest absolute Gasteiger partial charge is 0.250 e. The molecule has 0 aliphatic carbocycles. The maximum Gasteiger partial charge on any atom is 0.250 e. The molecule has 2 fully saturated rings. The predicted molar refractivity (Wildman–Crippen MR) is 94.3 cm³/mol. The number of thioether (sulfide) groups is 1. The van der Waals surface area contributed by atoms with Crippen molar-refractivity contribution in [3.05, 3.63) is 17.0 Å². The van der Waals surface area contributed by atoms with Crippen molar-refractivity contribution in [3.63, 3.8) is 0 Å². The Hall–Kier alpha value is -0.0800. The Morgan fingerprint density at radius 2 is 2.05 bits per heavy atom. The van der Waals surface area contributed by atoms with Gasteiger partial charge in [-0.05, 0) is 63.1 Å². The molecule has 2 saturated heterocycles. The highest BCUT2D eigenvalue weighted by molar-refractivity contribution is 7.99. The summed E-state index contributed by atoms with van der Waals surface area (Å²) < 4.78 is 27.7. The number of rotatable bonds is 5. The van der Waals surface area contributed by atoms with Crippen LogP contribution in [0.25, 0.3) is 0 Å². The number of aryl methyl sites for hydroxylation is 1. The molecule has 1 N–H and O–H groups in total. The lowest BCUT2D eigenvalue weighted by Gasteiger charge is -2.35. The van der Waals surface area contributed by atoms with Gasteiger partial charge in [0.1, 0.15) is 4.21 Å². The Bertz CT molecular complexity index is 586. The van der Waals surface area contributed by atoms with Crippen molar-refractivity contribution < 1.29 is 8.42 Å². The van der Waals surface area contributed by atoms with Crippen molar-refractivity contribution in [2.45, 2.75) is 36.4 Å². The molecule has 0 aromatic carbocycles. The van der Waals surface area contributed by atoms with E-state index in [1.165, 1.54) is 29.3 Å². The predicted octanol–water partition coefficient (Wildman–Crippen LogP) is 2.55. The number of piperidine rings is 1. The molecule has 1 atom stereocenters. The Kier molecular flexibility index (Phi) is 5.50. The highest BCUT2D eigenvalue weighted by atomic mass is 32.2. The molecule has 0 spiro atoms. The Labute approximate surface area is 141 Å². The lowest BCUT2D eigenvalue weighted by atomic mass is 9.96. The van der Waals surface area contributed by atoms with Crippen LogP contribution < -0.4 is 4.72 Å². The summed E-state index contributed by atoms with van der Waals surface area (Å²) in [6, 6.07) is 4.32. The molecule has 1 unspecified atom stereocenters. The van der Waals surface area contributed by atoms with E-state index in [9.17, 15) is 8.42 Å². The van der Waals surface area contributed by atoms with Crippen LogP contribution in [0.3, 0.4) is 0 Å². The molecule has 22 heavy (non-hydrogen) atoms. The second-order valence-corrected chi connectivity index (χ2v) is 10.6. The lowest BCUT2D eigenvalue weighted by molar-refractivity contribution is 0.145. The number of hydrogen-bond acceptors (Lipinski definition) is 5. The first-order valence-electron chi connectivity index (χ1n) is 7.92. The summed E-state index contributed by atoms with van der Waals surface area (Å²) in [6.07, 6.45) is 3.53. The molecule has 124 valence electrons. The third-order valence-corrected chi connectivity index (χ3v) is 8.67. The standard InChI is InChI=1S/C15H24N2O2S3/c1-12-2-3-15(21-12)22(18,19)16-10-13-4-7-17(8-5-13)14-6-9-20-11-14/h2-3,13-14,16H,4-11H2,1H3. The zero-order chi connectivity index (χ0) is 15.6. The molecule has 1 aromatic heterocycles. The second kappa shape index (κ2) is 7.21. The van der Waals surface area contributed by atoms with Crippen molar-refractivity contribution in [3.8, 4) is 0 Å². The summed E-state index contributed by atoms with van der Waals surface area (Å²) in [4.78, 5) is 3.64. The van der Waals surface area contributed by atoms with Gasteiger partial charge in [0.2, 0.25) is 10.0 Å². The summed E-state index contributed by atoms with van der Waals surface area (Å²) in [5.41, 5.74) is 0. The number of thiophene rings is 1. The van der Waals surface area contributed by atoms with Crippen LogP contribution >= 0.6 is 23.1 Å². The third kappa shape index (κ3) is 4.06. The number of nitrogens with one attached hydrogen (secondary N) is 1. The maximum atomic E-state index is 12.2. The van der Waals surface area contributed by atoms with Gasteiger partial charge in [-0.15, -0.1) is 11.3 Å². The minimum atomic E-state index is -3.32. The van der Waals surface area contributed by atoms with E-state index in [0.29, 0.717) is 16.7 Å². The normalized spacial score (nSPS) is 24.9. The van der Waals surface area contributed by atoms with Crippen LogP contribution in [0.15, 0.2) is 16.3 Å². The monoisotopic (exact) mass is 360 g/mol. The second-order valence-electron chi connectivity index (χ2n) is 6.21. The van der Waals surface area contributed by atoms with Gasteiger partial charge in [0.05, 0.1) is 0 Å². The van der Waals surface area contributed by atoms with Gasteiger partial charge in [-0.1, -0.05) is 0 Å². The van der Waals surface area contributed by atoms with Crippen molar-refractivity contribution in [1.29, 1.82) is 0 Å². The molecular weight excluding hydrogens is 336 g/mol. The van der Waals surface area contributed by atoms with Gasteiger partial charge in [0.25, 0.3) is 0 Å². The summed E-state index contributed by atoms with van der Waals surface area (Å²) in [6.45, 7) is 4.75. The van der Waals surface area contributed by atoms with Crippen LogP contribution in [-0.2, 0) is 10.0 Å². The fraction of sp³-hybridized carbons (Fsp3) is 0.733. The van der Waals surface area contributed by atoms with Gasteiger partial charge in [0.15, 0.2) is 0 Å². The zero-order valence-electron chi connectivity index (χ0n) is 13.0. The lowest BCUT2D eigenvalue weighted by Crippen LogP contribution is -2.43. The molecule has 3 heterocycles. The van der Waals surface area contributed by atoms with E-state index in [-0.39, 0.29) is 0 Å². The number of likely N-dealkylation sites (tertiary alicyclic amines) is 1. The van der Waals surface area contributed by atoms with Crippen molar-refractivity contribution >= 4 is 33.1 Å². The van der Waals surface area contributed by atoms with Crippen molar-refractivity contribution in [1.82, 2.24) is 9.62 Å². The number of sulfonamides is 1. The SMILES string of the molecule is Cc1ccc(S(=O)(=O)NCC2CCN(C3CCSC3)CC2)s1. The molecule has 4 nitrogen and oxygen atoms in total. The molecule has 2 aliphatic heterocycles. The molecule has 0 amide bonds. The summed E-state index contributed by atoms with van der Waals surface area (Å²) >= 11 is 3.40. The molecule has 1 aromatic rings. The first kappa shape index (κ1) is 16.8. The summed E-state index contributed by atoms with van der Waals surface area (Å²) in [5.74, 6) is 3.04. The maximum absolute atomic E-state index is 12.2. The van der Waals surface area contributed by atoms with E-state index in [1.54, 1.807) is 6.07 Å². The minimum absolute atomic E-state index is 0.436. The summed E-state index contributed by atoms with van der Waals surface area (Å²) in [5, 5.41) is 0. The first-order valence-corrected chi connectivity index (χ1v) is 11.4. The van der Waals surface area contributed by atoms with Gasteiger partial charge in [-0.25, -0.2) is 13.1 Å². The highest BCUT2D eigenvalue weighted by Gasteiger charge is 2.28. The third-order valence-electron chi connectivity index (χ3n) is 4.61. The van der Waals surface area contributed by atoms with E-state index in [4.69, 9.17) is 0 Å². The van der Waals surface area contributed by atoms with Crippen LogP contribution in [0.5, 0.6) is 0 Å². The van der Waals surface area contributed by atoms with Gasteiger partial charge in [-0.3, -0.25) is 4.90 Å². The molecule has 3 rings (SSSR count). The molecule has 7 heteroatoms. The topological polar surface area (TPSA) is 49.4 Å². The summed E-state index contributed by atoms with van der Waals surface area (Å²) in [7, 11) is -3.32. The van der Waals surface area contributed by atoms with Gasteiger partial charge in [0, 0.05) is 23.2 Å². The van der Waals surface area contributed by atoms with Gasteiger partial charge < -0.3 is 0 Å². The average Bonchev–Trinajstić information content (AvgIpc) is 3.17. The van der Waals surface area contributed by atoms with Crippen molar-refractivity contribution in [2.75, 3.05) is 31.1 Å². The zero-order valence-corrected chi connectivity index (χ0v) is 15.4. The van der Waals surface area contributed by atoms with E-state index >= 15 is 0 Å². The molecule has 0 bridgehead atoms. The van der Waals surface area contributed by atoms with Gasteiger partial charge >= 0.3 is 0 Å². The molecular formula is C15H24N2O2S3. The largest absolute Gasteiger partial charge is 0.300 e. The van der Waals surface area contributed by atoms with Gasteiger partial charge in [-0.2, -0.15) is 11.8 Å².